The molecule has 37 heavy (non-hydrogen) atoms. The predicted molar refractivity (Wildman–Crippen MR) is 130 cm³/mol. The van der Waals surface area contributed by atoms with E-state index in [4.69, 9.17) is 9.47 Å². The van der Waals surface area contributed by atoms with Gasteiger partial charge in [0.25, 0.3) is 0 Å². The van der Waals surface area contributed by atoms with Gasteiger partial charge in [0.15, 0.2) is 5.92 Å². The normalized spacial score (nSPS) is 22.7. The number of hydrogen-bond donors (Lipinski definition) is 1. The largest absolute Gasteiger partial charge is 0.493 e. The van der Waals surface area contributed by atoms with Crippen molar-refractivity contribution in [3.05, 3.63) is 65.7 Å². The molecule has 2 atom stereocenters. The molecule has 0 bridgehead atoms. The lowest BCUT2D eigenvalue weighted by molar-refractivity contribution is -0.173. The van der Waals surface area contributed by atoms with Crippen molar-refractivity contribution in [2.45, 2.75) is 37.3 Å². The number of likely N-dealkylation sites (tertiary alicyclic amines) is 1. The maximum Gasteiger partial charge on any atom is 0.404 e. The average molecular weight is 517 g/mol. The molecule has 3 saturated heterocycles. The molecular weight excluding hydrogens is 485 g/mol. The lowest BCUT2D eigenvalue weighted by Crippen LogP contribution is -2.54. The Morgan fingerprint density at radius 3 is 2.41 bits per heavy atom. The van der Waals surface area contributed by atoms with Crippen molar-refractivity contribution < 1.29 is 32.2 Å². The molecule has 2 unspecified atom stereocenters. The van der Waals surface area contributed by atoms with E-state index in [1.807, 2.05) is 24.3 Å². The van der Waals surface area contributed by atoms with Crippen molar-refractivity contribution in [3.8, 4) is 5.75 Å². The molecule has 6 nitrogen and oxygen atoms in total. The van der Waals surface area contributed by atoms with Crippen molar-refractivity contribution in [2.75, 3.05) is 39.5 Å². The van der Waals surface area contributed by atoms with E-state index in [1.165, 1.54) is 29.2 Å². The first-order valence-electron chi connectivity index (χ1n) is 12.7. The fourth-order valence-corrected chi connectivity index (χ4v) is 5.86. The maximum atomic E-state index is 14.0. The van der Waals surface area contributed by atoms with Crippen LogP contribution in [0.5, 0.6) is 5.75 Å². The summed E-state index contributed by atoms with van der Waals surface area (Å²) in [7, 11) is 0. The minimum Gasteiger partial charge on any atom is -0.493 e. The van der Waals surface area contributed by atoms with Gasteiger partial charge in [-0.1, -0.05) is 48.5 Å². The van der Waals surface area contributed by atoms with E-state index >= 15 is 0 Å². The van der Waals surface area contributed by atoms with Crippen molar-refractivity contribution >= 4 is 11.8 Å². The third-order valence-electron chi connectivity index (χ3n) is 8.01. The number of piperidine rings is 2. The first kappa shape index (κ1) is 25.6. The summed E-state index contributed by atoms with van der Waals surface area (Å²) in [4.78, 5) is 27.0. The highest BCUT2D eigenvalue weighted by Gasteiger charge is 2.51. The Morgan fingerprint density at radius 1 is 1.08 bits per heavy atom. The second kappa shape index (κ2) is 10.4. The van der Waals surface area contributed by atoms with Crippen molar-refractivity contribution in [3.63, 3.8) is 0 Å². The highest BCUT2D eigenvalue weighted by Crippen LogP contribution is 2.51. The van der Waals surface area contributed by atoms with E-state index in [0.717, 1.165) is 11.3 Å². The van der Waals surface area contributed by atoms with Gasteiger partial charge in [-0.3, -0.25) is 9.59 Å². The monoisotopic (exact) mass is 516 g/mol. The highest BCUT2D eigenvalue weighted by atomic mass is 19.4. The van der Waals surface area contributed by atoms with Gasteiger partial charge in [-0.25, -0.2) is 0 Å². The smallest absolute Gasteiger partial charge is 0.404 e. The Bertz CT molecular complexity index is 1110. The van der Waals surface area contributed by atoms with Gasteiger partial charge < -0.3 is 19.7 Å². The first-order valence-corrected chi connectivity index (χ1v) is 12.7. The number of alkyl halides is 3. The zero-order chi connectivity index (χ0) is 26.0. The lowest BCUT2D eigenvalue weighted by atomic mass is 9.62. The van der Waals surface area contributed by atoms with E-state index in [9.17, 15) is 22.8 Å². The van der Waals surface area contributed by atoms with Crippen LogP contribution in [0.4, 0.5) is 13.2 Å². The van der Waals surface area contributed by atoms with Crippen LogP contribution in [0.3, 0.4) is 0 Å². The van der Waals surface area contributed by atoms with Crippen LogP contribution in [0.1, 0.15) is 42.2 Å². The van der Waals surface area contributed by atoms with E-state index < -0.39 is 23.4 Å². The summed E-state index contributed by atoms with van der Waals surface area (Å²) in [5.41, 5.74) is 0.469. The molecule has 0 saturated carbocycles. The van der Waals surface area contributed by atoms with Crippen LogP contribution in [0, 0.1) is 11.3 Å². The molecule has 3 heterocycles. The van der Waals surface area contributed by atoms with E-state index in [-0.39, 0.29) is 36.9 Å². The average Bonchev–Trinajstić information content (AvgIpc) is 2.84. The van der Waals surface area contributed by atoms with Gasteiger partial charge in [-0.2, -0.15) is 13.2 Å². The number of ether oxygens (including phenoxy) is 2. The predicted octanol–water partition coefficient (Wildman–Crippen LogP) is 4.27. The Morgan fingerprint density at radius 2 is 1.76 bits per heavy atom. The number of para-hydroxylation sites is 1. The molecule has 2 amide bonds. The van der Waals surface area contributed by atoms with Crippen LogP contribution in [0.2, 0.25) is 0 Å². The lowest BCUT2D eigenvalue weighted by Gasteiger charge is -2.49. The number of carbonyl (C=O) groups is 2. The Balaban J connectivity index is 1.35. The second-order valence-electron chi connectivity index (χ2n) is 10.4. The van der Waals surface area contributed by atoms with Gasteiger partial charge in [0.05, 0.1) is 19.8 Å². The molecule has 0 radical (unpaired) electrons. The van der Waals surface area contributed by atoms with Gasteiger partial charge in [-0.05, 0) is 35.4 Å². The summed E-state index contributed by atoms with van der Waals surface area (Å²) >= 11 is 0. The maximum absolute atomic E-state index is 14.0. The molecule has 2 aromatic carbocycles. The molecule has 2 aromatic rings. The summed E-state index contributed by atoms with van der Waals surface area (Å²) in [5.74, 6) is -2.15. The molecule has 9 heteroatoms. The molecule has 0 aromatic heterocycles. The summed E-state index contributed by atoms with van der Waals surface area (Å²) < 4.78 is 53.3. The number of halogens is 3. The SMILES string of the molecule is O=C1CC2(CCN(C(=O)C(c3ccccc3)C(F)(F)F)CC2)C(c2ccccc2OCC2COC2)CN1. The van der Waals surface area contributed by atoms with Crippen LogP contribution in [0.15, 0.2) is 54.6 Å². The zero-order valence-corrected chi connectivity index (χ0v) is 20.5. The fraction of sp³-hybridized carbons (Fsp3) is 0.500. The van der Waals surface area contributed by atoms with E-state index in [2.05, 4.69) is 5.32 Å². The van der Waals surface area contributed by atoms with Gasteiger partial charge >= 0.3 is 6.18 Å². The van der Waals surface area contributed by atoms with Crippen LogP contribution in [0.25, 0.3) is 0 Å². The van der Waals surface area contributed by atoms with Crippen LogP contribution < -0.4 is 10.1 Å². The number of nitrogens with zero attached hydrogens (tertiary/aromatic N) is 1. The third-order valence-corrected chi connectivity index (χ3v) is 8.01. The molecule has 3 aliphatic rings. The Labute approximate surface area is 214 Å². The van der Waals surface area contributed by atoms with Crippen molar-refractivity contribution in [2.24, 2.45) is 11.3 Å². The minimum atomic E-state index is -4.69. The van der Waals surface area contributed by atoms with Crippen molar-refractivity contribution in [1.82, 2.24) is 10.2 Å². The molecule has 0 aliphatic carbocycles. The number of amides is 2. The number of carbonyl (C=O) groups excluding carboxylic acids is 2. The molecule has 3 aliphatic heterocycles. The Kier molecular flexibility index (Phi) is 7.16. The fourth-order valence-electron chi connectivity index (χ4n) is 5.86. The van der Waals surface area contributed by atoms with Gasteiger partial charge in [0.2, 0.25) is 11.8 Å². The van der Waals surface area contributed by atoms with E-state index in [0.29, 0.717) is 45.1 Å². The van der Waals surface area contributed by atoms with E-state index in [1.54, 1.807) is 6.07 Å². The zero-order valence-electron chi connectivity index (χ0n) is 20.5. The van der Waals surface area contributed by atoms with Crippen molar-refractivity contribution in [1.29, 1.82) is 0 Å². The number of hydrogen-bond acceptors (Lipinski definition) is 4. The van der Waals surface area contributed by atoms with Crippen LogP contribution in [-0.4, -0.2) is 62.3 Å². The molecule has 198 valence electrons. The standard InChI is InChI=1S/C28H31F3N2O4/c29-28(30,31)25(20-6-2-1-3-7-20)26(35)33-12-10-27(11-13-33)14-24(34)32-15-22(27)21-8-4-5-9-23(21)37-18-19-16-36-17-19/h1-9,19,22,25H,10-18H2,(H,32,34). The highest BCUT2D eigenvalue weighted by molar-refractivity contribution is 5.85. The van der Waals surface area contributed by atoms with Crippen LogP contribution >= 0.6 is 0 Å². The first-order chi connectivity index (χ1) is 17.8. The summed E-state index contributed by atoms with van der Waals surface area (Å²) in [6.45, 7) is 2.67. The Hall–Kier alpha value is -3.07. The number of nitrogens with one attached hydrogen (secondary N) is 1. The number of rotatable bonds is 6. The molecule has 1 spiro atoms. The minimum absolute atomic E-state index is 0.0573. The summed E-state index contributed by atoms with van der Waals surface area (Å²) in [5, 5.41) is 2.97. The third kappa shape index (κ3) is 5.32. The summed E-state index contributed by atoms with van der Waals surface area (Å²) in [6.07, 6.45) is -3.53. The quantitative estimate of drug-likeness (QED) is 0.623. The molecule has 3 fully saturated rings. The van der Waals surface area contributed by atoms with Gasteiger partial charge in [0, 0.05) is 37.9 Å². The van der Waals surface area contributed by atoms with Crippen LogP contribution in [-0.2, 0) is 14.3 Å². The summed E-state index contributed by atoms with van der Waals surface area (Å²) in [6, 6.07) is 15.1. The van der Waals surface area contributed by atoms with Gasteiger partial charge in [0.1, 0.15) is 5.75 Å². The molecule has 1 N–H and O–H groups in total. The number of benzene rings is 2. The topological polar surface area (TPSA) is 67.9 Å². The second-order valence-corrected chi connectivity index (χ2v) is 10.4. The molecule has 5 rings (SSSR count). The molecular formula is C28H31F3N2O4. The van der Waals surface area contributed by atoms with Gasteiger partial charge in [-0.15, -0.1) is 0 Å².